The molecule has 3 amide bonds. The lowest BCUT2D eigenvalue weighted by atomic mass is 9.91. The van der Waals surface area contributed by atoms with Crippen molar-refractivity contribution >= 4 is 11.9 Å². The van der Waals surface area contributed by atoms with Crippen LogP contribution < -0.4 is 10.6 Å². The summed E-state index contributed by atoms with van der Waals surface area (Å²) in [5.41, 5.74) is -0.374. The highest BCUT2D eigenvalue weighted by Gasteiger charge is 2.47. The predicted octanol–water partition coefficient (Wildman–Crippen LogP) is 1.54. The first-order valence-electron chi connectivity index (χ1n) is 6.46. The van der Waals surface area contributed by atoms with E-state index < -0.39 is 11.6 Å². The fourth-order valence-electron chi connectivity index (χ4n) is 2.07. The smallest absolute Gasteiger partial charge is 0.322 e. The highest BCUT2D eigenvalue weighted by Crippen LogP contribution is 2.25. The molecular formula is C14H18N2O3. The van der Waals surface area contributed by atoms with E-state index in [2.05, 4.69) is 17.6 Å². The van der Waals surface area contributed by atoms with Gasteiger partial charge in [0.25, 0.3) is 5.91 Å². The van der Waals surface area contributed by atoms with Gasteiger partial charge in [0.15, 0.2) is 5.54 Å². The Kier molecular flexibility index (Phi) is 4.16. The largest absolute Gasteiger partial charge is 0.378 e. The minimum atomic E-state index is -1.11. The Labute approximate surface area is 112 Å². The Hall–Kier alpha value is -1.88. The van der Waals surface area contributed by atoms with Gasteiger partial charge in [-0.15, -0.1) is 0 Å². The number of amides is 3. The van der Waals surface area contributed by atoms with Crippen molar-refractivity contribution in [1.29, 1.82) is 0 Å². The van der Waals surface area contributed by atoms with Gasteiger partial charge in [-0.2, -0.15) is 0 Å². The fraction of sp³-hybridized carbons (Fsp3) is 0.429. The monoisotopic (exact) mass is 262 g/mol. The molecule has 0 aromatic heterocycles. The molecule has 102 valence electrons. The first-order valence-corrected chi connectivity index (χ1v) is 6.46. The fourth-order valence-corrected chi connectivity index (χ4v) is 2.07. The van der Waals surface area contributed by atoms with Gasteiger partial charge >= 0.3 is 6.03 Å². The summed E-state index contributed by atoms with van der Waals surface area (Å²) in [6, 6.07) is 8.68. The molecule has 5 nitrogen and oxygen atoms in total. The van der Waals surface area contributed by atoms with E-state index in [4.69, 9.17) is 4.74 Å². The van der Waals surface area contributed by atoms with Gasteiger partial charge in [0.2, 0.25) is 0 Å². The van der Waals surface area contributed by atoms with E-state index in [1.165, 1.54) is 0 Å². The number of rotatable bonds is 6. The molecule has 1 saturated heterocycles. The van der Waals surface area contributed by atoms with Crippen LogP contribution in [0.5, 0.6) is 0 Å². The van der Waals surface area contributed by atoms with Gasteiger partial charge in [0.1, 0.15) is 0 Å². The molecule has 0 aliphatic carbocycles. The summed E-state index contributed by atoms with van der Waals surface area (Å²) >= 11 is 0. The van der Waals surface area contributed by atoms with Crippen molar-refractivity contribution in [3.8, 4) is 0 Å². The van der Waals surface area contributed by atoms with Gasteiger partial charge in [-0.25, -0.2) is 4.79 Å². The maximum atomic E-state index is 12.1. The number of ether oxygens (including phenoxy) is 1. The number of unbranched alkanes of at least 4 members (excludes halogenated alkanes) is 1. The molecule has 1 atom stereocenters. The minimum absolute atomic E-state index is 0.147. The van der Waals surface area contributed by atoms with E-state index >= 15 is 0 Å². The van der Waals surface area contributed by atoms with Crippen LogP contribution in [0.25, 0.3) is 0 Å². The Bertz CT molecular complexity index is 461. The Morgan fingerprint density at radius 2 is 1.95 bits per heavy atom. The van der Waals surface area contributed by atoms with Crippen LogP contribution in [0.3, 0.4) is 0 Å². The van der Waals surface area contributed by atoms with Crippen LogP contribution in [0.2, 0.25) is 0 Å². The van der Waals surface area contributed by atoms with Crippen LogP contribution in [0, 0.1) is 0 Å². The quantitative estimate of drug-likeness (QED) is 0.603. The molecule has 0 saturated carbocycles. The maximum Gasteiger partial charge on any atom is 0.322 e. The Morgan fingerprint density at radius 3 is 2.53 bits per heavy atom. The summed E-state index contributed by atoms with van der Waals surface area (Å²) in [6.07, 6.45) is 1.96. The zero-order valence-electron chi connectivity index (χ0n) is 10.9. The van der Waals surface area contributed by atoms with Crippen molar-refractivity contribution < 1.29 is 14.3 Å². The predicted molar refractivity (Wildman–Crippen MR) is 70.5 cm³/mol. The molecule has 0 spiro atoms. The lowest BCUT2D eigenvalue weighted by Gasteiger charge is -2.26. The molecular weight excluding hydrogens is 244 g/mol. The number of nitrogens with one attached hydrogen (secondary N) is 2. The van der Waals surface area contributed by atoms with Crippen molar-refractivity contribution in [1.82, 2.24) is 10.6 Å². The van der Waals surface area contributed by atoms with Crippen LogP contribution in [-0.4, -0.2) is 25.2 Å². The van der Waals surface area contributed by atoms with Gasteiger partial charge in [0.05, 0.1) is 6.61 Å². The second-order valence-corrected chi connectivity index (χ2v) is 4.59. The first kappa shape index (κ1) is 13.5. The molecule has 1 aliphatic rings. The summed E-state index contributed by atoms with van der Waals surface area (Å²) in [4.78, 5) is 23.5. The van der Waals surface area contributed by atoms with E-state index in [0.29, 0.717) is 6.61 Å². The number of carbonyl (C=O) groups is 2. The SMILES string of the molecule is CCCCOCC1(c2ccccc2)NC(=O)NC1=O. The van der Waals surface area contributed by atoms with Gasteiger partial charge in [-0.1, -0.05) is 43.7 Å². The van der Waals surface area contributed by atoms with Crippen LogP contribution >= 0.6 is 0 Å². The summed E-state index contributed by atoms with van der Waals surface area (Å²) in [5, 5.41) is 4.96. The standard InChI is InChI=1S/C14H18N2O3/c1-2-3-9-19-10-14(11-7-5-4-6-8-11)12(17)15-13(18)16-14/h4-8H,2-3,9-10H2,1H3,(H2,15,16,17,18). The average Bonchev–Trinajstić information content (AvgIpc) is 2.71. The number of hydrogen-bond acceptors (Lipinski definition) is 3. The Balaban J connectivity index is 2.19. The third kappa shape index (κ3) is 2.76. The first-order chi connectivity index (χ1) is 9.19. The Morgan fingerprint density at radius 1 is 1.21 bits per heavy atom. The van der Waals surface area contributed by atoms with Crippen LogP contribution in [0.15, 0.2) is 30.3 Å². The highest BCUT2D eigenvalue weighted by molar-refractivity contribution is 6.07. The average molecular weight is 262 g/mol. The molecule has 19 heavy (non-hydrogen) atoms. The zero-order valence-corrected chi connectivity index (χ0v) is 10.9. The number of hydrogen-bond donors (Lipinski definition) is 2. The lowest BCUT2D eigenvalue weighted by molar-refractivity contribution is -0.126. The molecule has 1 aromatic carbocycles. The molecule has 5 heteroatoms. The van der Waals surface area contributed by atoms with Gasteiger partial charge in [-0.05, 0) is 12.0 Å². The van der Waals surface area contributed by atoms with Crippen molar-refractivity contribution in [2.24, 2.45) is 0 Å². The highest BCUT2D eigenvalue weighted by atomic mass is 16.5. The second kappa shape index (κ2) is 5.84. The summed E-state index contributed by atoms with van der Waals surface area (Å²) < 4.78 is 5.56. The van der Waals surface area contributed by atoms with Crippen molar-refractivity contribution in [3.63, 3.8) is 0 Å². The van der Waals surface area contributed by atoms with E-state index in [1.807, 2.05) is 30.3 Å². The molecule has 0 radical (unpaired) electrons. The van der Waals surface area contributed by atoms with Gasteiger partial charge in [0, 0.05) is 6.61 Å². The van der Waals surface area contributed by atoms with E-state index in [-0.39, 0.29) is 12.5 Å². The third-order valence-corrected chi connectivity index (χ3v) is 3.17. The van der Waals surface area contributed by atoms with E-state index in [1.54, 1.807) is 0 Å². The number of imide groups is 1. The van der Waals surface area contributed by atoms with Crippen LogP contribution in [0.4, 0.5) is 4.79 Å². The molecule has 0 bridgehead atoms. The normalized spacial score (nSPS) is 22.2. The maximum absolute atomic E-state index is 12.1. The van der Waals surface area contributed by atoms with Gasteiger partial charge < -0.3 is 10.1 Å². The number of benzene rings is 1. The molecule has 2 N–H and O–H groups in total. The van der Waals surface area contributed by atoms with Crippen LogP contribution in [-0.2, 0) is 15.1 Å². The molecule has 2 rings (SSSR count). The molecule has 1 unspecified atom stereocenters. The molecule has 1 aliphatic heterocycles. The number of carbonyl (C=O) groups excluding carboxylic acids is 2. The minimum Gasteiger partial charge on any atom is -0.378 e. The molecule has 1 aromatic rings. The molecule has 1 heterocycles. The van der Waals surface area contributed by atoms with Crippen molar-refractivity contribution in [2.75, 3.05) is 13.2 Å². The van der Waals surface area contributed by atoms with Crippen molar-refractivity contribution in [3.05, 3.63) is 35.9 Å². The second-order valence-electron chi connectivity index (χ2n) is 4.59. The van der Waals surface area contributed by atoms with E-state index in [0.717, 1.165) is 18.4 Å². The summed E-state index contributed by atoms with van der Waals surface area (Å²) in [5.74, 6) is -0.361. The topological polar surface area (TPSA) is 67.4 Å². The summed E-state index contributed by atoms with van der Waals surface area (Å²) in [7, 11) is 0. The molecule has 1 fully saturated rings. The van der Waals surface area contributed by atoms with E-state index in [9.17, 15) is 9.59 Å². The number of urea groups is 1. The third-order valence-electron chi connectivity index (χ3n) is 3.17. The van der Waals surface area contributed by atoms with Crippen molar-refractivity contribution in [2.45, 2.75) is 25.3 Å². The zero-order chi connectivity index (χ0) is 13.7. The van der Waals surface area contributed by atoms with Gasteiger partial charge in [-0.3, -0.25) is 10.1 Å². The lowest BCUT2D eigenvalue weighted by Crippen LogP contribution is -2.48. The summed E-state index contributed by atoms with van der Waals surface area (Å²) in [6.45, 7) is 2.79. The van der Waals surface area contributed by atoms with Crippen LogP contribution in [0.1, 0.15) is 25.3 Å².